The zero-order valence-electron chi connectivity index (χ0n) is 12.0. The topological polar surface area (TPSA) is 73.9 Å². The molecule has 3 heterocycles. The van der Waals surface area contributed by atoms with Crippen molar-refractivity contribution in [3.63, 3.8) is 0 Å². The average molecular weight is 285 g/mol. The second kappa shape index (κ2) is 6.05. The number of aryl methyl sites for hydroxylation is 1. The molecule has 1 aliphatic heterocycles. The van der Waals surface area contributed by atoms with Crippen molar-refractivity contribution in [2.75, 3.05) is 13.1 Å². The molecule has 3 rings (SSSR count). The molecule has 0 radical (unpaired) electrons. The van der Waals surface area contributed by atoms with E-state index in [0.29, 0.717) is 11.6 Å². The van der Waals surface area contributed by atoms with E-state index < -0.39 is 0 Å². The predicted molar refractivity (Wildman–Crippen MR) is 78.7 cm³/mol. The SMILES string of the molecule is Cc1cn[nH]c1CNC1CCN(C(=O)c2cccnc2)C1. The second-order valence-electron chi connectivity index (χ2n) is 5.39. The number of rotatable bonds is 4. The third kappa shape index (κ3) is 3.11. The summed E-state index contributed by atoms with van der Waals surface area (Å²) in [6, 6.07) is 3.93. The molecule has 0 saturated carbocycles. The first-order chi connectivity index (χ1) is 10.2. The number of pyridine rings is 1. The number of hydrogen-bond donors (Lipinski definition) is 2. The molecular weight excluding hydrogens is 266 g/mol. The summed E-state index contributed by atoms with van der Waals surface area (Å²) in [5, 5.41) is 10.5. The molecule has 0 bridgehead atoms. The van der Waals surface area contributed by atoms with Crippen molar-refractivity contribution in [3.05, 3.63) is 47.5 Å². The fraction of sp³-hybridized carbons (Fsp3) is 0.400. The Bertz CT molecular complexity index is 610. The Hall–Kier alpha value is -2.21. The van der Waals surface area contributed by atoms with Crippen molar-refractivity contribution in [1.82, 2.24) is 25.4 Å². The molecule has 6 nitrogen and oxygen atoms in total. The maximum absolute atomic E-state index is 12.3. The van der Waals surface area contributed by atoms with Crippen LogP contribution in [-0.4, -0.2) is 45.1 Å². The van der Waals surface area contributed by atoms with E-state index in [1.54, 1.807) is 18.5 Å². The third-order valence-electron chi connectivity index (χ3n) is 3.89. The van der Waals surface area contributed by atoms with Gasteiger partial charge >= 0.3 is 0 Å². The van der Waals surface area contributed by atoms with E-state index >= 15 is 0 Å². The molecule has 1 aliphatic rings. The predicted octanol–water partition coefficient (Wildman–Crippen LogP) is 1.12. The molecule has 0 aromatic carbocycles. The van der Waals surface area contributed by atoms with Crippen molar-refractivity contribution in [1.29, 1.82) is 0 Å². The fourth-order valence-electron chi connectivity index (χ4n) is 2.58. The summed E-state index contributed by atoms with van der Waals surface area (Å²) in [5.74, 6) is 0.0603. The number of carbonyl (C=O) groups is 1. The standard InChI is InChI=1S/C15H19N5O/c1-11-7-18-19-14(11)9-17-13-4-6-20(10-13)15(21)12-3-2-5-16-8-12/h2-3,5,7-8,13,17H,4,6,9-10H2,1H3,(H,18,19). The van der Waals surface area contributed by atoms with Gasteiger partial charge in [0.05, 0.1) is 17.5 Å². The maximum atomic E-state index is 12.3. The summed E-state index contributed by atoms with van der Waals surface area (Å²) in [6.07, 6.45) is 6.10. The van der Waals surface area contributed by atoms with Gasteiger partial charge in [0.2, 0.25) is 0 Å². The first-order valence-electron chi connectivity index (χ1n) is 7.15. The zero-order chi connectivity index (χ0) is 14.7. The van der Waals surface area contributed by atoms with Crippen LogP contribution in [0.5, 0.6) is 0 Å². The Balaban J connectivity index is 1.54. The second-order valence-corrected chi connectivity index (χ2v) is 5.39. The summed E-state index contributed by atoms with van der Waals surface area (Å²) in [4.78, 5) is 18.2. The lowest BCUT2D eigenvalue weighted by Crippen LogP contribution is -2.35. The number of aromatic nitrogens is 3. The number of likely N-dealkylation sites (tertiary alicyclic amines) is 1. The number of amides is 1. The minimum absolute atomic E-state index is 0.0603. The molecule has 6 heteroatoms. The zero-order valence-corrected chi connectivity index (χ0v) is 12.0. The number of H-pyrrole nitrogens is 1. The van der Waals surface area contributed by atoms with Crippen LogP contribution in [0.1, 0.15) is 28.0 Å². The van der Waals surface area contributed by atoms with Gasteiger partial charge in [0.15, 0.2) is 0 Å². The van der Waals surface area contributed by atoms with Gasteiger partial charge in [0.25, 0.3) is 5.91 Å². The molecule has 1 amide bonds. The van der Waals surface area contributed by atoms with Gasteiger partial charge in [-0.25, -0.2) is 0 Å². The maximum Gasteiger partial charge on any atom is 0.255 e. The molecule has 1 atom stereocenters. The van der Waals surface area contributed by atoms with Crippen LogP contribution in [0.25, 0.3) is 0 Å². The van der Waals surface area contributed by atoms with Gasteiger partial charge in [-0.1, -0.05) is 0 Å². The molecule has 21 heavy (non-hydrogen) atoms. The van der Waals surface area contributed by atoms with Crippen molar-refractivity contribution < 1.29 is 4.79 Å². The average Bonchev–Trinajstić information content (AvgIpc) is 3.14. The van der Waals surface area contributed by atoms with E-state index in [9.17, 15) is 4.79 Å². The molecule has 2 aromatic heterocycles. The van der Waals surface area contributed by atoms with E-state index in [2.05, 4.69) is 20.5 Å². The van der Waals surface area contributed by atoms with E-state index in [-0.39, 0.29) is 5.91 Å². The van der Waals surface area contributed by atoms with Gasteiger partial charge < -0.3 is 10.2 Å². The van der Waals surface area contributed by atoms with Crippen LogP contribution < -0.4 is 5.32 Å². The Labute approximate surface area is 123 Å². The van der Waals surface area contributed by atoms with Crippen LogP contribution in [0, 0.1) is 6.92 Å². The van der Waals surface area contributed by atoms with E-state index in [1.807, 2.05) is 24.1 Å². The highest BCUT2D eigenvalue weighted by molar-refractivity contribution is 5.94. The van der Waals surface area contributed by atoms with Crippen molar-refractivity contribution in [3.8, 4) is 0 Å². The van der Waals surface area contributed by atoms with Crippen molar-refractivity contribution in [2.45, 2.75) is 25.9 Å². The van der Waals surface area contributed by atoms with Crippen molar-refractivity contribution >= 4 is 5.91 Å². The highest BCUT2D eigenvalue weighted by Gasteiger charge is 2.26. The largest absolute Gasteiger partial charge is 0.337 e. The van der Waals surface area contributed by atoms with Crippen LogP contribution in [0.2, 0.25) is 0 Å². The first kappa shape index (κ1) is 13.8. The quantitative estimate of drug-likeness (QED) is 0.883. The fourth-order valence-corrected chi connectivity index (χ4v) is 2.58. The smallest absolute Gasteiger partial charge is 0.255 e. The normalized spacial score (nSPS) is 18.1. The van der Waals surface area contributed by atoms with Crippen LogP contribution in [0.3, 0.4) is 0 Å². The van der Waals surface area contributed by atoms with E-state index in [1.165, 1.54) is 0 Å². The highest BCUT2D eigenvalue weighted by atomic mass is 16.2. The monoisotopic (exact) mass is 285 g/mol. The Morgan fingerprint density at radius 1 is 1.52 bits per heavy atom. The number of nitrogens with one attached hydrogen (secondary N) is 2. The van der Waals surface area contributed by atoms with Crippen LogP contribution in [0.15, 0.2) is 30.7 Å². The molecule has 1 saturated heterocycles. The van der Waals surface area contributed by atoms with Crippen LogP contribution in [-0.2, 0) is 6.54 Å². The van der Waals surface area contributed by atoms with Crippen LogP contribution in [0.4, 0.5) is 0 Å². The summed E-state index contributed by atoms with van der Waals surface area (Å²) in [6.45, 7) is 4.31. The molecule has 0 aliphatic carbocycles. The minimum Gasteiger partial charge on any atom is -0.337 e. The molecule has 0 spiro atoms. The molecule has 1 fully saturated rings. The molecule has 2 N–H and O–H groups in total. The summed E-state index contributed by atoms with van der Waals surface area (Å²) in [7, 11) is 0. The van der Waals surface area contributed by atoms with Gasteiger partial charge in [0, 0.05) is 38.1 Å². The Kier molecular flexibility index (Phi) is 3.96. The molecule has 2 aromatic rings. The van der Waals surface area contributed by atoms with Crippen molar-refractivity contribution in [2.24, 2.45) is 0 Å². The molecule has 1 unspecified atom stereocenters. The highest BCUT2D eigenvalue weighted by Crippen LogP contribution is 2.14. The molecule has 110 valence electrons. The summed E-state index contributed by atoms with van der Waals surface area (Å²) in [5.41, 5.74) is 2.92. The van der Waals surface area contributed by atoms with Gasteiger partial charge in [-0.15, -0.1) is 0 Å². The van der Waals surface area contributed by atoms with Crippen LogP contribution >= 0.6 is 0 Å². The Morgan fingerprint density at radius 3 is 3.14 bits per heavy atom. The van der Waals surface area contributed by atoms with Gasteiger partial charge in [0.1, 0.15) is 0 Å². The van der Waals surface area contributed by atoms with Gasteiger partial charge in [-0.2, -0.15) is 5.10 Å². The molecular formula is C15H19N5O. The third-order valence-corrected chi connectivity index (χ3v) is 3.89. The lowest BCUT2D eigenvalue weighted by atomic mass is 10.2. The van der Waals surface area contributed by atoms with E-state index in [4.69, 9.17) is 0 Å². The lowest BCUT2D eigenvalue weighted by Gasteiger charge is -2.17. The van der Waals surface area contributed by atoms with Gasteiger partial charge in [-0.3, -0.25) is 14.9 Å². The lowest BCUT2D eigenvalue weighted by molar-refractivity contribution is 0.0789. The minimum atomic E-state index is 0.0603. The number of hydrogen-bond acceptors (Lipinski definition) is 4. The first-order valence-corrected chi connectivity index (χ1v) is 7.15. The number of nitrogens with zero attached hydrogens (tertiary/aromatic N) is 3. The summed E-state index contributed by atoms with van der Waals surface area (Å²) < 4.78 is 0. The summed E-state index contributed by atoms with van der Waals surface area (Å²) >= 11 is 0. The Morgan fingerprint density at radius 2 is 2.43 bits per heavy atom. The van der Waals surface area contributed by atoms with E-state index in [0.717, 1.165) is 37.3 Å². The van der Waals surface area contributed by atoms with Gasteiger partial charge in [-0.05, 0) is 31.0 Å². The number of carbonyl (C=O) groups excluding carboxylic acids is 1. The number of aromatic amines is 1.